The van der Waals surface area contributed by atoms with Gasteiger partial charge in [0.05, 0.1) is 11.0 Å². The monoisotopic (exact) mass is 302 g/mol. The Morgan fingerprint density at radius 1 is 1.28 bits per heavy atom. The van der Waals surface area contributed by atoms with Crippen LogP contribution in [0.1, 0.15) is 11.4 Å². The van der Waals surface area contributed by atoms with E-state index in [1.165, 1.54) is 6.33 Å². The molecule has 2 heterocycles. The molecule has 0 aliphatic heterocycles. The van der Waals surface area contributed by atoms with Crippen LogP contribution in [0.15, 0.2) is 41.4 Å². The van der Waals surface area contributed by atoms with Gasteiger partial charge in [0.15, 0.2) is 0 Å². The van der Waals surface area contributed by atoms with E-state index < -0.39 is 0 Å². The molecule has 0 N–H and O–H groups in total. The molecule has 0 bridgehead atoms. The van der Waals surface area contributed by atoms with Gasteiger partial charge in [0, 0.05) is 25.2 Å². The topological polar surface area (TPSA) is 43.6 Å². The van der Waals surface area contributed by atoms with Crippen LogP contribution in [0.3, 0.4) is 0 Å². The van der Waals surface area contributed by atoms with Gasteiger partial charge in [-0.2, -0.15) is 0 Å². The van der Waals surface area contributed by atoms with E-state index in [0.717, 1.165) is 27.0 Å². The number of aromatic nitrogens is 4. The Hall–Kier alpha value is -1.75. The molecule has 0 fully saturated rings. The largest absolute Gasteiger partial charge is 0.331 e. The average Bonchev–Trinajstić information content (AvgIpc) is 2.70. The molecular formula is C13H11BrN4. The van der Waals surface area contributed by atoms with E-state index in [1.807, 2.05) is 31.4 Å². The Bertz CT molecular complexity index is 705. The minimum absolute atomic E-state index is 0.715. The normalized spacial score (nSPS) is 11.0. The van der Waals surface area contributed by atoms with Gasteiger partial charge in [-0.25, -0.2) is 15.0 Å². The van der Waals surface area contributed by atoms with Crippen molar-refractivity contribution in [3.8, 4) is 0 Å². The van der Waals surface area contributed by atoms with Gasteiger partial charge in [-0.1, -0.05) is 12.1 Å². The number of benzene rings is 1. The predicted molar refractivity (Wildman–Crippen MR) is 73.3 cm³/mol. The first-order chi connectivity index (χ1) is 8.75. The van der Waals surface area contributed by atoms with Gasteiger partial charge in [0.25, 0.3) is 0 Å². The Kier molecular flexibility index (Phi) is 2.83. The van der Waals surface area contributed by atoms with Crippen molar-refractivity contribution < 1.29 is 0 Å². The number of fused-ring (bicyclic) bond motifs is 1. The van der Waals surface area contributed by atoms with Crippen LogP contribution in [0, 0.1) is 0 Å². The van der Waals surface area contributed by atoms with Crippen LogP contribution in [0.2, 0.25) is 0 Å². The molecule has 0 saturated heterocycles. The SMILES string of the molecule is Cn1c(Cc2cncnc2Br)nc2ccccc21. The van der Waals surface area contributed by atoms with Gasteiger partial charge < -0.3 is 4.57 Å². The van der Waals surface area contributed by atoms with Crippen molar-refractivity contribution in [3.63, 3.8) is 0 Å². The van der Waals surface area contributed by atoms with E-state index in [4.69, 9.17) is 0 Å². The fourth-order valence-electron chi connectivity index (χ4n) is 1.99. The van der Waals surface area contributed by atoms with E-state index in [2.05, 4.69) is 41.5 Å². The minimum Gasteiger partial charge on any atom is -0.331 e. The maximum absolute atomic E-state index is 4.64. The number of rotatable bonds is 2. The van der Waals surface area contributed by atoms with Crippen LogP contribution >= 0.6 is 15.9 Å². The summed E-state index contributed by atoms with van der Waals surface area (Å²) >= 11 is 3.43. The summed E-state index contributed by atoms with van der Waals surface area (Å²) in [5.41, 5.74) is 3.19. The molecule has 90 valence electrons. The van der Waals surface area contributed by atoms with E-state index in [-0.39, 0.29) is 0 Å². The summed E-state index contributed by atoms with van der Waals surface area (Å²) in [5.74, 6) is 1.01. The lowest BCUT2D eigenvalue weighted by Gasteiger charge is -2.03. The minimum atomic E-state index is 0.715. The summed E-state index contributed by atoms with van der Waals surface area (Å²) < 4.78 is 2.93. The zero-order valence-corrected chi connectivity index (χ0v) is 11.4. The fourth-order valence-corrected chi connectivity index (χ4v) is 2.32. The van der Waals surface area contributed by atoms with Crippen LogP contribution in [-0.4, -0.2) is 19.5 Å². The molecule has 0 spiro atoms. The standard InChI is InChI=1S/C13H11BrN4/c1-18-11-5-3-2-4-10(11)17-12(18)6-9-7-15-8-16-13(9)14/h2-5,7-8H,6H2,1H3. The molecule has 5 heteroatoms. The van der Waals surface area contributed by atoms with E-state index >= 15 is 0 Å². The first-order valence-electron chi connectivity index (χ1n) is 5.60. The summed E-state index contributed by atoms with van der Waals surface area (Å²) in [5, 5.41) is 0. The molecule has 1 aromatic carbocycles. The van der Waals surface area contributed by atoms with Crippen LogP contribution in [-0.2, 0) is 13.5 Å². The highest BCUT2D eigenvalue weighted by molar-refractivity contribution is 9.10. The second kappa shape index (κ2) is 4.49. The quantitative estimate of drug-likeness (QED) is 0.684. The summed E-state index contributed by atoms with van der Waals surface area (Å²) in [4.78, 5) is 12.8. The first-order valence-corrected chi connectivity index (χ1v) is 6.39. The third-order valence-corrected chi connectivity index (χ3v) is 3.68. The zero-order chi connectivity index (χ0) is 12.5. The van der Waals surface area contributed by atoms with Gasteiger partial charge in [0.2, 0.25) is 0 Å². The van der Waals surface area contributed by atoms with Crippen molar-refractivity contribution in [2.24, 2.45) is 7.05 Å². The molecular weight excluding hydrogens is 292 g/mol. The lowest BCUT2D eigenvalue weighted by atomic mass is 10.2. The number of halogens is 1. The Morgan fingerprint density at radius 2 is 2.11 bits per heavy atom. The van der Waals surface area contributed by atoms with Crippen LogP contribution in [0.25, 0.3) is 11.0 Å². The summed E-state index contributed by atoms with van der Waals surface area (Å²) in [6.45, 7) is 0. The highest BCUT2D eigenvalue weighted by Gasteiger charge is 2.10. The summed E-state index contributed by atoms with van der Waals surface area (Å²) in [6, 6.07) is 8.12. The molecule has 4 nitrogen and oxygen atoms in total. The van der Waals surface area contributed by atoms with Gasteiger partial charge in [-0.3, -0.25) is 0 Å². The molecule has 0 amide bonds. The van der Waals surface area contributed by atoms with Crippen molar-refractivity contribution in [3.05, 3.63) is 52.8 Å². The van der Waals surface area contributed by atoms with Crippen molar-refractivity contribution in [1.82, 2.24) is 19.5 Å². The smallest absolute Gasteiger partial charge is 0.116 e. The van der Waals surface area contributed by atoms with Crippen LogP contribution in [0.4, 0.5) is 0 Å². The summed E-state index contributed by atoms with van der Waals surface area (Å²) in [7, 11) is 2.03. The van der Waals surface area contributed by atoms with Gasteiger partial charge in [0.1, 0.15) is 16.8 Å². The van der Waals surface area contributed by atoms with Crippen molar-refractivity contribution in [2.45, 2.75) is 6.42 Å². The lowest BCUT2D eigenvalue weighted by molar-refractivity contribution is 0.836. The molecule has 3 rings (SSSR count). The molecule has 3 aromatic rings. The van der Waals surface area contributed by atoms with Gasteiger partial charge >= 0.3 is 0 Å². The third-order valence-electron chi connectivity index (χ3n) is 2.96. The number of nitrogens with zero attached hydrogens (tertiary/aromatic N) is 4. The second-order valence-electron chi connectivity index (χ2n) is 4.09. The number of para-hydroxylation sites is 2. The zero-order valence-electron chi connectivity index (χ0n) is 9.84. The van der Waals surface area contributed by atoms with Crippen LogP contribution < -0.4 is 0 Å². The molecule has 0 unspecified atom stereocenters. The molecule has 18 heavy (non-hydrogen) atoms. The third kappa shape index (κ3) is 1.90. The number of hydrogen-bond acceptors (Lipinski definition) is 3. The predicted octanol–water partition coefficient (Wildman–Crippen LogP) is 2.72. The molecule has 2 aromatic heterocycles. The Morgan fingerprint density at radius 3 is 2.89 bits per heavy atom. The maximum atomic E-state index is 4.64. The Labute approximate surface area is 113 Å². The van der Waals surface area contributed by atoms with Crippen molar-refractivity contribution in [1.29, 1.82) is 0 Å². The number of imidazole rings is 1. The fraction of sp³-hybridized carbons (Fsp3) is 0.154. The van der Waals surface area contributed by atoms with E-state index in [1.54, 1.807) is 0 Å². The van der Waals surface area contributed by atoms with Crippen LogP contribution in [0.5, 0.6) is 0 Å². The van der Waals surface area contributed by atoms with Crippen molar-refractivity contribution >= 4 is 27.0 Å². The van der Waals surface area contributed by atoms with Crippen molar-refractivity contribution in [2.75, 3.05) is 0 Å². The lowest BCUT2D eigenvalue weighted by Crippen LogP contribution is -2.00. The Balaban J connectivity index is 2.06. The average molecular weight is 303 g/mol. The summed E-state index contributed by atoms with van der Waals surface area (Å²) in [6.07, 6.45) is 4.06. The first kappa shape index (κ1) is 11.3. The molecule has 0 aliphatic carbocycles. The number of hydrogen-bond donors (Lipinski definition) is 0. The maximum Gasteiger partial charge on any atom is 0.116 e. The van der Waals surface area contributed by atoms with E-state index in [9.17, 15) is 0 Å². The highest BCUT2D eigenvalue weighted by atomic mass is 79.9. The molecule has 0 radical (unpaired) electrons. The van der Waals surface area contributed by atoms with Gasteiger partial charge in [-0.05, 0) is 28.1 Å². The molecule has 0 aliphatic rings. The highest BCUT2D eigenvalue weighted by Crippen LogP contribution is 2.19. The van der Waals surface area contributed by atoms with Gasteiger partial charge in [-0.15, -0.1) is 0 Å². The number of aryl methyl sites for hydroxylation is 1. The molecule has 0 atom stereocenters. The van der Waals surface area contributed by atoms with E-state index in [0.29, 0.717) is 6.42 Å². The second-order valence-corrected chi connectivity index (χ2v) is 4.84. The molecule has 0 saturated carbocycles.